The van der Waals surface area contributed by atoms with Crippen molar-refractivity contribution in [3.63, 3.8) is 0 Å². The summed E-state index contributed by atoms with van der Waals surface area (Å²) in [6.07, 6.45) is 2.92. The molecule has 74 valence electrons. The van der Waals surface area contributed by atoms with Crippen LogP contribution in [0.4, 0.5) is 0 Å². The van der Waals surface area contributed by atoms with Crippen LogP contribution >= 0.6 is 11.8 Å². The zero-order valence-corrected chi connectivity index (χ0v) is 9.01. The third kappa shape index (κ3) is 3.83. The van der Waals surface area contributed by atoms with Gasteiger partial charge in [0.15, 0.2) is 0 Å². The molecule has 0 spiro atoms. The van der Waals surface area contributed by atoms with Crippen molar-refractivity contribution < 1.29 is 4.79 Å². The van der Waals surface area contributed by atoms with Gasteiger partial charge in [0.25, 0.3) is 0 Å². The molecule has 0 N–H and O–H groups in total. The smallest absolute Gasteiger partial charge is 0.236 e. The molecular formula is C9H16N2OS. The van der Waals surface area contributed by atoms with Crippen molar-refractivity contribution in [2.75, 3.05) is 32.9 Å². The fraction of sp³-hybridized carbons (Fsp3) is 0.667. The third-order valence-corrected chi connectivity index (χ3v) is 2.60. The van der Waals surface area contributed by atoms with Gasteiger partial charge in [-0.3, -0.25) is 4.79 Å². The summed E-state index contributed by atoms with van der Waals surface area (Å²) in [6.45, 7) is 1.87. The van der Waals surface area contributed by atoms with E-state index in [0.717, 1.165) is 19.5 Å². The number of thioether (sulfide) groups is 1. The first-order chi connectivity index (χ1) is 6.20. The summed E-state index contributed by atoms with van der Waals surface area (Å²) in [7, 11) is 4.09. The molecule has 1 amide bonds. The summed E-state index contributed by atoms with van der Waals surface area (Å²) < 4.78 is 0. The van der Waals surface area contributed by atoms with Crippen molar-refractivity contribution in [1.29, 1.82) is 0 Å². The lowest BCUT2D eigenvalue weighted by molar-refractivity contribution is -0.126. The Morgan fingerprint density at radius 1 is 1.62 bits per heavy atom. The fourth-order valence-corrected chi connectivity index (χ4v) is 1.80. The molecule has 0 atom stereocenters. The molecule has 1 aliphatic heterocycles. The first-order valence-corrected chi connectivity index (χ1v) is 5.47. The number of rotatable bonds is 4. The third-order valence-electron chi connectivity index (χ3n) is 1.87. The molecule has 13 heavy (non-hydrogen) atoms. The highest BCUT2D eigenvalue weighted by Gasteiger charge is 2.13. The molecule has 0 aromatic heterocycles. The van der Waals surface area contributed by atoms with Gasteiger partial charge in [0.1, 0.15) is 0 Å². The number of hydrogen-bond donors (Lipinski definition) is 0. The second-order valence-corrected chi connectivity index (χ2v) is 4.23. The van der Waals surface area contributed by atoms with E-state index < -0.39 is 0 Å². The lowest BCUT2D eigenvalue weighted by Crippen LogP contribution is -2.31. The van der Waals surface area contributed by atoms with Crippen LogP contribution in [0.25, 0.3) is 0 Å². The average molecular weight is 200 g/mol. The molecule has 0 saturated heterocycles. The Kier molecular flexibility index (Phi) is 4.32. The summed E-state index contributed by atoms with van der Waals surface area (Å²) in [6, 6.07) is 0. The van der Waals surface area contributed by atoms with Crippen molar-refractivity contribution in [3.8, 4) is 0 Å². The highest BCUT2D eigenvalue weighted by atomic mass is 32.2. The van der Waals surface area contributed by atoms with E-state index in [1.54, 1.807) is 16.7 Å². The first-order valence-electron chi connectivity index (χ1n) is 4.42. The predicted octanol–water partition coefficient (Wildman–Crippen LogP) is 0.985. The van der Waals surface area contributed by atoms with E-state index in [1.165, 1.54) is 0 Å². The van der Waals surface area contributed by atoms with Gasteiger partial charge in [0, 0.05) is 12.7 Å². The van der Waals surface area contributed by atoms with E-state index in [-0.39, 0.29) is 5.91 Å². The Labute approximate surface area is 83.8 Å². The number of hydrogen-bond acceptors (Lipinski definition) is 3. The van der Waals surface area contributed by atoms with Gasteiger partial charge in [0.2, 0.25) is 5.91 Å². The molecule has 0 aromatic rings. The predicted molar refractivity (Wildman–Crippen MR) is 56.5 cm³/mol. The summed E-state index contributed by atoms with van der Waals surface area (Å²) in [5.74, 6) is 0.824. The SMILES string of the molecule is CN(C)CCCN1C=CSCC1=O. The topological polar surface area (TPSA) is 23.6 Å². The van der Waals surface area contributed by atoms with Crippen LogP contribution in [-0.4, -0.2) is 48.6 Å². The van der Waals surface area contributed by atoms with E-state index in [2.05, 4.69) is 4.90 Å². The van der Waals surface area contributed by atoms with Gasteiger partial charge in [-0.15, -0.1) is 11.8 Å². The van der Waals surface area contributed by atoms with Gasteiger partial charge in [-0.2, -0.15) is 0 Å². The van der Waals surface area contributed by atoms with Crippen LogP contribution in [0.1, 0.15) is 6.42 Å². The van der Waals surface area contributed by atoms with Gasteiger partial charge in [-0.05, 0) is 32.5 Å². The maximum atomic E-state index is 11.3. The Morgan fingerprint density at radius 2 is 2.38 bits per heavy atom. The van der Waals surface area contributed by atoms with Crippen molar-refractivity contribution in [2.24, 2.45) is 0 Å². The lowest BCUT2D eigenvalue weighted by Gasteiger charge is -2.21. The summed E-state index contributed by atoms with van der Waals surface area (Å²) in [4.78, 5) is 15.2. The van der Waals surface area contributed by atoms with Crippen LogP contribution < -0.4 is 0 Å². The first kappa shape index (κ1) is 10.6. The van der Waals surface area contributed by atoms with Gasteiger partial charge < -0.3 is 9.80 Å². The molecule has 0 aromatic carbocycles. The number of carbonyl (C=O) groups excluding carboxylic acids is 1. The normalized spacial score (nSPS) is 17.2. The quantitative estimate of drug-likeness (QED) is 0.676. The summed E-state index contributed by atoms with van der Waals surface area (Å²) in [5.41, 5.74) is 0. The maximum absolute atomic E-state index is 11.3. The van der Waals surface area contributed by atoms with Crippen LogP contribution in [0.3, 0.4) is 0 Å². The van der Waals surface area contributed by atoms with E-state index in [0.29, 0.717) is 5.75 Å². The molecule has 0 fully saturated rings. The minimum Gasteiger partial charge on any atom is -0.318 e. The second-order valence-electron chi connectivity index (χ2n) is 3.34. The number of amides is 1. The zero-order chi connectivity index (χ0) is 9.68. The molecule has 1 aliphatic rings. The molecule has 1 rings (SSSR count). The molecule has 0 radical (unpaired) electrons. The van der Waals surface area contributed by atoms with E-state index >= 15 is 0 Å². The van der Waals surface area contributed by atoms with Crippen LogP contribution in [0.2, 0.25) is 0 Å². The highest BCUT2D eigenvalue weighted by molar-refractivity contribution is 8.02. The van der Waals surface area contributed by atoms with E-state index in [9.17, 15) is 4.79 Å². The minimum absolute atomic E-state index is 0.228. The van der Waals surface area contributed by atoms with E-state index in [4.69, 9.17) is 0 Å². The van der Waals surface area contributed by atoms with Crippen molar-refractivity contribution >= 4 is 17.7 Å². The highest BCUT2D eigenvalue weighted by Crippen LogP contribution is 2.12. The molecule has 0 bridgehead atoms. The Bertz CT molecular complexity index is 204. The Morgan fingerprint density at radius 3 is 3.00 bits per heavy atom. The van der Waals surface area contributed by atoms with Gasteiger partial charge in [-0.1, -0.05) is 0 Å². The molecule has 3 nitrogen and oxygen atoms in total. The minimum atomic E-state index is 0.228. The second kappa shape index (κ2) is 5.29. The molecule has 0 aliphatic carbocycles. The Balaban J connectivity index is 2.23. The molecule has 1 heterocycles. The summed E-state index contributed by atoms with van der Waals surface area (Å²) >= 11 is 1.56. The molecule has 4 heteroatoms. The van der Waals surface area contributed by atoms with Gasteiger partial charge >= 0.3 is 0 Å². The van der Waals surface area contributed by atoms with Crippen LogP contribution in [0, 0.1) is 0 Å². The lowest BCUT2D eigenvalue weighted by atomic mass is 10.3. The van der Waals surface area contributed by atoms with Crippen molar-refractivity contribution in [2.45, 2.75) is 6.42 Å². The van der Waals surface area contributed by atoms with Crippen LogP contribution in [-0.2, 0) is 4.79 Å². The van der Waals surface area contributed by atoms with Gasteiger partial charge in [0.05, 0.1) is 5.75 Å². The zero-order valence-electron chi connectivity index (χ0n) is 8.19. The summed E-state index contributed by atoms with van der Waals surface area (Å²) in [5, 5.41) is 1.98. The number of carbonyl (C=O) groups is 1. The van der Waals surface area contributed by atoms with Crippen LogP contribution in [0.5, 0.6) is 0 Å². The Hall–Kier alpha value is -0.480. The average Bonchev–Trinajstić information content (AvgIpc) is 2.08. The molecular weight excluding hydrogens is 184 g/mol. The van der Waals surface area contributed by atoms with Crippen LogP contribution in [0.15, 0.2) is 11.6 Å². The maximum Gasteiger partial charge on any atom is 0.236 e. The van der Waals surface area contributed by atoms with Crippen molar-refractivity contribution in [1.82, 2.24) is 9.80 Å². The molecule has 0 unspecified atom stereocenters. The van der Waals surface area contributed by atoms with E-state index in [1.807, 2.05) is 25.7 Å². The largest absolute Gasteiger partial charge is 0.318 e. The monoisotopic (exact) mass is 200 g/mol. The number of nitrogens with zero attached hydrogens (tertiary/aromatic N) is 2. The standard InChI is InChI=1S/C9H16N2OS/c1-10(2)4-3-5-11-6-7-13-8-9(11)12/h6-7H,3-5,8H2,1-2H3. The molecule has 0 saturated carbocycles. The van der Waals surface area contributed by atoms with Crippen molar-refractivity contribution in [3.05, 3.63) is 11.6 Å². The van der Waals surface area contributed by atoms with Gasteiger partial charge in [-0.25, -0.2) is 0 Å². The fourth-order valence-electron chi connectivity index (χ4n) is 1.16.